The van der Waals surface area contributed by atoms with Crippen molar-refractivity contribution in [2.45, 2.75) is 13.8 Å². The van der Waals surface area contributed by atoms with Gasteiger partial charge in [0.15, 0.2) is 0 Å². The number of hydrogen-bond acceptors (Lipinski definition) is 8. The molecular formula is C17H16N2O7S. The minimum atomic E-state index is -0.787. The van der Waals surface area contributed by atoms with Crippen molar-refractivity contribution in [3.63, 3.8) is 0 Å². The molecule has 10 heteroatoms. The highest BCUT2D eigenvalue weighted by molar-refractivity contribution is 7.18. The zero-order chi connectivity index (χ0) is 20.1. The van der Waals surface area contributed by atoms with E-state index in [-0.39, 0.29) is 33.3 Å². The lowest BCUT2D eigenvalue weighted by Gasteiger charge is -2.07. The molecule has 0 aliphatic rings. The maximum absolute atomic E-state index is 12.6. The number of nitro benzene ring substituents is 1. The highest BCUT2D eigenvalue weighted by atomic mass is 32.1. The lowest BCUT2D eigenvalue weighted by molar-refractivity contribution is -0.385. The summed E-state index contributed by atoms with van der Waals surface area (Å²) in [6.07, 6.45) is 0. The van der Waals surface area contributed by atoms with E-state index in [1.54, 1.807) is 6.92 Å². The number of para-hydroxylation sites is 1. The number of carbonyl (C=O) groups is 3. The number of amides is 1. The van der Waals surface area contributed by atoms with Crippen LogP contribution in [0.2, 0.25) is 0 Å². The monoisotopic (exact) mass is 392 g/mol. The zero-order valence-corrected chi connectivity index (χ0v) is 15.5. The van der Waals surface area contributed by atoms with E-state index in [9.17, 15) is 24.5 Å². The number of benzene rings is 1. The van der Waals surface area contributed by atoms with Gasteiger partial charge in [-0.2, -0.15) is 0 Å². The second-order valence-corrected chi connectivity index (χ2v) is 6.22. The molecule has 0 saturated heterocycles. The molecule has 0 atom stereocenters. The summed E-state index contributed by atoms with van der Waals surface area (Å²) in [5.74, 6) is -2.18. The van der Waals surface area contributed by atoms with E-state index in [0.717, 1.165) is 11.3 Å². The van der Waals surface area contributed by atoms with E-state index in [4.69, 9.17) is 4.74 Å². The first kappa shape index (κ1) is 20.0. The lowest BCUT2D eigenvalue weighted by atomic mass is 10.1. The summed E-state index contributed by atoms with van der Waals surface area (Å²) in [5.41, 5.74) is -0.255. The molecule has 0 saturated carbocycles. The third-order valence-electron chi connectivity index (χ3n) is 3.57. The first-order valence-corrected chi connectivity index (χ1v) is 8.57. The molecule has 142 valence electrons. The van der Waals surface area contributed by atoms with Gasteiger partial charge in [0.05, 0.1) is 24.2 Å². The van der Waals surface area contributed by atoms with Crippen LogP contribution in [-0.4, -0.2) is 36.5 Å². The third kappa shape index (κ3) is 4.11. The van der Waals surface area contributed by atoms with Gasteiger partial charge in [0.1, 0.15) is 15.4 Å². The molecule has 27 heavy (non-hydrogen) atoms. The van der Waals surface area contributed by atoms with Gasteiger partial charge in [0.25, 0.3) is 11.6 Å². The number of hydrogen-bond donors (Lipinski definition) is 1. The number of nitro groups is 1. The van der Waals surface area contributed by atoms with Crippen LogP contribution in [-0.2, 0) is 9.47 Å². The lowest BCUT2D eigenvalue weighted by Crippen LogP contribution is -2.16. The van der Waals surface area contributed by atoms with Gasteiger partial charge in [0.2, 0.25) is 0 Å². The zero-order valence-electron chi connectivity index (χ0n) is 14.7. The summed E-state index contributed by atoms with van der Waals surface area (Å²) in [7, 11) is 1.19. The minimum absolute atomic E-state index is 0.00850. The van der Waals surface area contributed by atoms with Gasteiger partial charge in [-0.15, -0.1) is 11.3 Å². The van der Waals surface area contributed by atoms with Gasteiger partial charge >= 0.3 is 11.9 Å². The number of esters is 2. The van der Waals surface area contributed by atoms with Crippen LogP contribution >= 0.6 is 11.3 Å². The molecule has 0 radical (unpaired) electrons. The Labute approximate surface area is 158 Å². The first-order valence-electron chi connectivity index (χ1n) is 7.75. The van der Waals surface area contributed by atoms with Crippen molar-refractivity contribution < 1.29 is 28.8 Å². The van der Waals surface area contributed by atoms with Crippen molar-refractivity contribution in [1.82, 2.24) is 0 Å². The van der Waals surface area contributed by atoms with Crippen LogP contribution in [0.4, 0.5) is 10.7 Å². The number of rotatable bonds is 6. The van der Waals surface area contributed by atoms with Crippen LogP contribution in [0.15, 0.2) is 24.3 Å². The average Bonchev–Trinajstić information content (AvgIpc) is 2.97. The first-order chi connectivity index (χ1) is 12.8. The average molecular weight is 392 g/mol. The molecule has 0 aliphatic carbocycles. The second-order valence-electron chi connectivity index (χ2n) is 5.20. The van der Waals surface area contributed by atoms with E-state index in [1.807, 2.05) is 0 Å². The van der Waals surface area contributed by atoms with Gasteiger partial charge in [-0.1, -0.05) is 12.1 Å². The van der Waals surface area contributed by atoms with Crippen LogP contribution in [0.1, 0.15) is 42.9 Å². The van der Waals surface area contributed by atoms with E-state index in [2.05, 4.69) is 10.1 Å². The largest absolute Gasteiger partial charge is 0.465 e. The molecule has 1 amide bonds. The molecule has 2 aromatic rings. The molecule has 9 nitrogen and oxygen atoms in total. The van der Waals surface area contributed by atoms with Crippen LogP contribution in [0.25, 0.3) is 0 Å². The Hall–Kier alpha value is -3.27. The standard InChI is InChI=1S/C17H16N2O7S/c1-4-26-16(21)12-9(2)13(17(22)25-3)27-15(12)18-14(20)10-7-5-6-8-11(10)19(23)24/h5-8H,4H2,1-3H3,(H,18,20). The maximum Gasteiger partial charge on any atom is 0.348 e. The molecule has 0 spiro atoms. The van der Waals surface area contributed by atoms with Crippen LogP contribution in [0.3, 0.4) is 0 Å². The Morgan fingerprint density at radius 3 is 2.48 bits per heavy atom. The molecule has 2 rings (SSSR count). The Kier molecular flexibility index (Phi) is 6.24. The molecule has 1 aromatic carbocycles. The maximum atomic E-state index is 12.6. The third-order valence-corrected chi connectivity index (χ3v) is 4.76. The van der Waals surface area contributed by atoms with Crippen molar-refractivity contribution in [1.29, 1.82) is 0 Å². The fourth-order valence-electron chi connectivity index (χ4n) is 2.33. The SMILES string of the molecule is CCOC(=O)c1c(NC(=O)c2ccccc2[N+](=O)[O-])sc(C(=O)OC)c1C. The summed E-state index contributed by atoms with van der Waals surface area (Å²) in [5, 5.41) is 13.6. The fraction of sp³-hybridized carbons (Fsp3) is 0.235. The smallest absolute Gasteiger partial charge is 0.348 e. The summed E-state index contributed by atoms with van der Waals surface area (Å²) < 4.78 is 9.66. The fourth-order valence-corrected chi connectivity index (χ4v) is 3.44. The number of nitrogens with zero attached hydrogens (tertiary/aromatic N) is 1. The summed E-state index contributed by atoms with van der Waals surface area (Å²) in [6.45, 7) is 3.24. The van der Waals surface area contributed by atoms with Crippen LogP contribution in [0.5, 0.6) is 0 Å². The van der Waals surface area contributed by atoms with E-state index in [0.29, 0.717) is 5.56 Å². The molecule has 1 heterocycles. The highest BCUT2D eigenvalue weighted by Crippen LogP contribution is 2.35. The minimum Gasteiger partial charge on any atom is -0.465 e. The molecule has 0 fully saturated rings. The normalized spacial score (nSPS) is 10.2. The topological polar surface area (TPSA) is 125 Å². The Morgan fingerprint density at radius 1 is 1.22 bits per heavy atom. The Balaban J connectivity index is 2.49. The molecule has 0 bridgehead atoms. The van der Waals surface area contributed by atoms with Crippen molar-refractivity contribution in [2.75, 3.05) is 19.0 Å². The van der Waals surface area contributed by atoms with Crippen molar-refractivity contribution in [2.24, 2.45) is 0 Å². The quantitative estimate of drug-likeness (QED) is 0.455. The molecule has 1 aromatic heterocycles. The van der Waals surface area contributed by atoms with Crippen molar-refractivity contribution in [3.8, 4) is 0 Å². The van der Waals surface area contributed by atoms with Gasteiger partial charge in [-0.3, -0.25) is 14.9 Å². The number of methoxy groups -OCH3 is 1. The molecule has 0 unspecified atom stereocenters. The number of anilines is 1. The highest BCUT2D eigenvalue weighted by Gasteiger charge is 2.28. The predicted molar refractivity (Wildman–Crippen MR) is 97.4 cm³/mol. The van der Waals surface area contributed by atoms with E-state index < -0.39 is 22.8 Å². The number of carbonyl (C=O) groups excluding carboxylic acids is 3. The van der Waals surface area contributed by atoms with Gasteiger partial charge in [0, 0.05) is 6.07 Å². The molecule has 1 N–H and O–H groups in total. The molecular weight excluding hydrogens is 376 g/mol. The number of nitrogens with one attached hydrogen (secondary N) is 1. The summed E-state index contributed by atoms with van der Waals surface area (Å²) in [6, 6.07) is 5.40. The second kappa shape index (κ2) is 8.41. The molecule has 0 aliphatic heterocycles. The Bertz CT molecular complexity index is 920. The Morgan fingerprint density at radius 2 is 1.89 bits per heavy atom. The van der Waals surface area contributed by atoms with E-state index in [1.165, 1.54) is 38.3 Å². The van der Waals surface area contributed by atoms with Crippen LogP contribution in [0, 0.1) is 17.0 Å². The van der Waals surface area contributed by atoms with Crippen molar-refractivity contribution in [3.05, 3.63) is 55.9 Å². The number of ether oxygens (including phenoxy) is 2. The van der Waals surface area contributed by atoms with Gasteiger partial charge < -0.3 is 14.8 Å². The number of thiophene rings is 1. The predicted octanol–water partition coefficient (Wildman–Crippen LogP) is 3.18. The summed E-state index contributed by atoms with van der Waals surface area (Å²) in [4.78, 5) is 47.3. The van der Waals surface area contributed by atoms with Gasteiger partial charge in [-0.05, 0) is 25.5 Å². The van der Waals surface area contributed by atoms with Gasteiger partial charge in [-0.25, -0.2) is 9.59 Å². The summed E-state index contributed by atoms with van der Waals surface area (Å²) >= 11 is 0.833. The van der Waals surface area contributed by atoms with Crippen LogP contribution < -0.4 is 5.32 Å². The van der Waals surface area contributed by atoms with E-state index >= 15 is 0 Å². The van der Waals surface area contributed by atoms with Crippen molar-refractivity contribution >= 4 is 39.9 Å².